The second-order valence-electron chi connectivity index (χ2n) is 7.22. The maximum atomic E-state index is 13.6. The Kier molecular flexibility index (Phi) is 4.55. The maximum Gasteiger partial charge on any atom is 0.261 e. The van der Waals surface area contributed by atoms with E-state index in [9.17, 15) is 4.79 Å². The van der Waals surface area contributed by atoms with Crippen LogP contribution in [0, 0.1) is 0 Å². The molecule has 28 heavy (non-hydrogen) atoms. The molecule has 0 bridgehead atoms. The van der Waals surface area contributed by atoms with Crippen molar-refractivity contribution >= 4 is 23.0 Å². The number of anilines is 2. The van der Waals surface area contributed by atoms with E-state index in [4.69, 9.17) is 4.74 Å². The van der Waals surface area contributed by atoms with Gasteiger partial charge in [0.25, 0.3) is 5.91 Å². The summed E-state index contributed by atoms with van der Waals surface area (Å²) in [6.45, 7) is 5.83. The highest BCUT2D eigenvalue weighted by molar-refractivity contribution is 6.11. The molecule has 142 valence electrons. The summed E-state index contributed by atoms with van der Waals surface area (Å²) in [7, 11) is 1.60. The first-order chi connectivity index (χ1) is 13.5. The van der Waals surface area contributed by atoms with E-state index < -0.39 is 5.54 Å². The Labute approximate surface area is 165 Å². The molecule has 4 rings (SSSR count). The van der Waals surface area contributed by atoms with Crippen LogP contribution >= 0.6 is 0 Å². The lowest BCUT2D eigenvalue weighted by molar-refractivity contribution is -0.121. The molecule has 1 heterocycles. The highest BCUT2D eigenvalue weighted by Gasteiger charge is 2.48. The van der Waals surface area contributed by atoms with Crippen LogP contribution < -0.4 is 10.2 Å². The smallest absolute Gasteiger partial charge is 0.261 e. The zero-order valence-corrected chi connectivity index (χ0v) is 16.2. The summed E-state index contributed by atoms with van der Waals surface area (Å²) < 4.78 is 5.19. The van der Waals surface area contributed by atoms with Gasteiger partial charge in [0, 0.05) is 22.5 Å². The number of rotatable bonds is 5. The average Bonchev–Trinajstić information content (AvgIpc) is 2.96. The van der Waals surface area contributed by atoms with Crippen LogP contribution in [0.2, 0.25) is 0 Å². The molecule has 2 aromatic rings. The van der Waals surface area contributed by atoms with Crippen molar-refractivity contribution in [2.75, 3.05) is 17.3 Å². The van der Waals surface area contributed by atoms with Crippen molar-refractivity contribution < 1.29 is 9.53 Å². The van der Waals surface area contributed by atoms with Crippen LogP contribution in [0.1, 0.15) is 30.9 Å². The van der Waals surface area contributed by atoms with E-state index in [-0.39, 0.29) is 5.91 Å². The number of hydrogen-bond donors (Lipinski definition) is 1. The highest BCUT2D eigenvalue weighted by Crippen LogP contribution is 2.44. The maximum absolute atomic E-state index is 13.6. The van der Waals surface area contributed by atoms with Gasteiger partial charge in [-0.1, -0.05) is 36.9 Å². The molecule has 0 radical (unpaired) electrons. The fraction of sp³-hybridized carbons (Fsp3) is 0.208. The molecule has 1 aliphatic heterocycles. The molecule has 0 aromatic heterocycles. The van der Waals surface area contributed by atoms with E-state index in [1.54, 1.807) is 7.11 Å². The molecular weight excluding hydrogens is 348 g/mol. The molecule has 1 aliphatic carbocycles. The number of amides is 1. The Hall–Kier alpha value is -3.27. The van der Waals surface area contributed by atoms with Crippen molar-refractivity contribution in [1.82, 2.24) is 0 Å². The molecule has 1 amide bonds. The van der Waals surface area contributed by atoms with E-state index in [0.717, 1.165) is 41.0 Å². The summed E-state index contributed by atoms with van der Waals surface area (Å²) in [5, 5.41) is 3.46. The number of carbonyl (C=O) groups excluding carboxylic acids is 1. The second kappa shape index (κ2) is 7.04. The molecule has 2 aromatic carbocycles. The molecule has 2 aliphatic rings. The number of fused-ring (bicyclic) bond motifs is 1. The molecule has 4 heteroatoms. The summed E-state index contributed by atoms with van der Waals surface area (Å²) in [6.07, 6.45) is 8.25. The largest absolute Gasteiger partial charge is 0.497 e. The average molecular weight is 372 g/mol. The summed E-state index contributed by atoms with van der Waals surface area (Å²) in [6, 6.07) is 15.8. The third-order valence-corrected chi connectivity index (χ3v) is 5.40. The van der Waals surface area contributed by atoms with Gasteiger partial charge in [-0.25, -0.2) is 0 Å². The SMILES string of the molecule is C=C(OC)c1ccc(NC2(C)C(=O)N(C3=CCCC=C3)c3ccccc32)cc1. The van der Waals surface area contributed by atoms with Crippen LogP contribution in [0.4, 0.5) is 11.4 Å². The van der Waals surface area contributed by atoms with Gasteiger partial charge in [-0.3, -0.25) is 9.69 Å². The standard InChI is InChI=1S/C24H24N2O2/c1-17(28-3)18-13-15-19(16-14-18)25-24(2)21-11-7-8-12-22(21)26(23(24)27)20-9-5-4-6-10-20/h5,7-16,25H,1,4,6H2,2-3H3. The number of hydrogen-bond acceptors (Lipinski definition) is 3. The molecule has 0 saturated heterocycles. The van der Waals surface area contributed by atoms with Gasteiger partial charge >= 0.3 is 0 Å². The fourth-order valence-electron chi connectivity index (χ4n) is 3.83. The van der Waals surface area contributed by atoms with Crippen molar-refractivity contribution in [1.29, 1.82) is 0 Å². The minimum Gasteiger partial charge on any atom is -0.497 e. The lowest BCUT2D eigenvalue weighted by Crippen LogP contribution is -2.43. The lowest BCUT2D eigenvalue weighted by atomic mass is 9.93. The Bertz CT molecular complexity index is 988. The van der Waals surface area contributed by atoms with Gasteiger partial charge in [-0.2, -0.15) is 0 Å². The van der Waals surface area contributed by atoms with Crippen LogP contribution in [-0.2, 0) is 15.1 Å². The first kappa shape index (κ1) is 18.1. The molecular formula is C24H24N2O2. The van der Waals surface area contributed by atoms with E-state index in [1.807, 2.05) is 66.4 Å². The van der Waals surface area contributed by atoms with Crippen LogP contribution in [-0.4, -0.2) is 13.0 Å². The van der Waals surface area contributed by atoms with E-state index in [2.05, 4.69) is 24.0 Å². The van der Waals surface area contributed by atoms with Gasteiger partial charge in [0.1, 0.15) is 11.3 Å². The van der Waals surface area contributed by atoms with Gasteiger partial charge in [0.05, 0.1) is 12.8 Å². The lowest BCUT2D eigenvalue weighted by Gasteiger charge is -2.28. The zero-order valence-electron chi connectivity index (χ0n) is 16.2. The summed E-state index contributed by atoms with van der Waals surface area (Å²) in [4.78, 5) is 15.4. The molecule has 1 N–H and O–H groups in total. The van der Waals surface area contributed by atoms with Crippen LogP contribution in [0.15, 0.2) is 79.0 Å². The Morgan fingerprint density at radius 3 is 2.57 bits per heavy atom. The molecule has 0 spiro atoms. The number of allylic oxidation sites excluding steroid dienone is 3. The number of ether oxygens (including phenoxy) is 1. The summed E-state index contributed by atoms with van der Waals surface area (Å²) in [5.74, 6) is 0.638. The molecule has 0 saturated carbocycles. The highest BCUT2D eigenvalue weighted by atomic mass is 16.5. The predicted molar refractivity (Wildman–Crippen MR) is 114 cm³/mol. The van der Waals surface area contributed by atoms with Crippen LogP contribution in [0.5, 0.6) is 0 Å². The minimum absolute atomic E-state index is 0.0249. The molecule has 0 fully saturated rings. The van der Waals surface area contributed by atoms with Gasteiger partial charge in [0.15, 0.2) is 0 Å². The first-order valence-corrected chi connectivity index (χ1v) is 9.47. The second-order valence-corrected chi connectivity index (χ2v) is 7.22. The quantitative estimate of drug-likeness (QED) is 0.733. The van der Waals surface area contributed by atoms with Gasteiger partial charge in [0.2, 0.25) is 0 Å². The summed E-state index contributed by atoms with van der Waals surface area (Å²) in [5.41, 5.74) is 3.79. The Balaban J connectivity index is 1.70. The van der Waals surface area contributed by atoms with Crippen molar-refractivity contribution in [3.05, 3.63) is 90.2 Å². The normalized spacial score (nSPS) is 20.6. The van der Waals surface area contributed by atoms with E-state index >= 15 is 0 Å². The number of benzene rings is 2. The minimum atomic E-state index is -0.845. The van der Waals surface area contributed by atoms with Gasteiger partial charge in [-0.05, 0) is 56.2 Å². The van der Waals surface area contributed by atoms with Crippen LogP contribution in [0.3, 0.4) is 0 Å². The summed E-state index contributed by atoms with van der Waals surface area (Å²) >= 11 is 0. The van der Waals surface area contributed by atoms with Crippen molar-refractivity contribution in [2.24, 2.45) is 0 Å². The zero-order chi connectivity index (χ0) is 19.7. The topological polar surface area (TPSA) is 41.6 Å². The fourth-order valence-corrected chi connectivity index (χ4v) is 3.83. The predicted octanol–water partition coefficient (Wildman–Crippen LogP) is 5.21. The Morgan fingerprint density at radius 1 is 1.14 bits per heavy atom. The number of nitrogens with zero attached hydrogens (tertiary/aromatic N) is 1. The molecule has 1 atom stereocenters. The molecule has 1 unspecified atom stereocenters. The number of methoxy groups -OCH3 is 1. The first-order valence-electron chi connectivity index (χ1n) is 9.47. The monoisotopic (exact) mass is 372 g/mol. The number of para-hydroxylation sites is 1. The van der Waals surface area contributed by atoms with E-state index in [1.165, 1.54) is 0 Å². The third-order valence-electron chi connectivity index (χ3n) is 5.40. The van der Waals surface area contributed by atoms with Crippen molar-refractivity contribution in [3.8, 4) is 0 Å². The van der Waals surface area contributed by atoms with Crippen molar-refractivity contribution in [2.45, 2.75) is 25.3 Å². The van der Waals surface area contributed by atoms with E-state index in [0.29, 0.717) is 5.76 Å². The Morgan fingerprint density at radius 2 is 1.89 bits per heavy atom. The van der Waals surface area contributed by atoms with Crippen LogP contribution in [0.25, 0.3) is 5.76 Å². The third kappa shape index (κ3) is 2.91. The molecule has 4 nitrogen and oxygen atoms in total. The van der Waals surface area contributed by atoms with Gasteiger partial charge in [-0.15, -0.1) is 0 Å². The van der Waals surface area contributed by atoms with Crippen molar-refractivity contribution in [3.63, 3.8) is 0 Å². The number of nitrogens with one attached hydrogen (secondary N) is 1. The number of carbonyl (C=O) groups is 1. The van der Waals surface area contributed by atoms with Gasteiger partial charge < -0.3 is 10.1 Å².